The minimum Gasteiger partial charge on any atom is -0.390 e. The molecule has 122 valence electrons. The molecule has 1 aromatic carbocycles. The summed E-state index contributed by atoms with van der Waals surface area (Å²) in [6.45, 7) is 0.139. The van der Waals surface area contributed by atoms with Crippen LogP contribution in [0.3, 0.4) is 0 Å². The van der Waals surface area contributed by atoms with E-state index in [-0.39, 0.29) is 11.3 Å². The Kier molecular flexibility index (Phi) is 3.95. The highest BCUT2D eigenvalue weighted by Crippen LogP contribution is 2.10. The molecule has 0 fully saturated rings. The summed E-state index contributed by atoms with van der Waals surface area (Å²) in [7, 11) is 0. The molecule has 6 nitrogen and oxygen atoms in total. The molecule has 0 aliphatic heterocycles. The molecular formula is C18H18N4O2. The van der Waals surface area contributed by atoms with Crippen LogP contribution in [0.2, 0.25) is 0 Å². The number of nitrogens with one attached hydrogen (secondary N) is 1. The largest absolute Gasteiger partial charge is 0.390 e. The van der Waals surface area contributed by atoms with Crippen LogP contribution >= 0.6 is 0 Å². The molecule has 2 N–H and O–H groups in total. The fourth-order valence-electron chi connectivity index (χ4n) is 2.32. The average Bonchev–Trinajstić information content (AvgIpc) is 3.01. The van der Waals surface area contributed by atoms with Gasteiger partial charge in [-0.2, -0.15) is 0 Å². The first-order valence-electron chi connectivity index (χ1n) is 8.39. The molecule has 0 unspecified atom stereocenters. The van der Waals surface area contributed by atoms with Crippen molar-refractivity contribution in [1.82, 2.24) is 14.5 Å². The molecule has 6 heteroatoms. The lowest BCUT2D eigenvalue weighted by Gasteiger charge is -2.04. The minimum absolute atomic E-state index is 0.156. The molecule has 0 radical (unpaired) electrons. The van der Waals surface area contributed by atoms with Crippen LogP contribution in [-0.4, -0.2) is 25.5 Å². The van der Waals surface area contributed by atoms with Crippen LogP contribution in [0.25, 0.3) is 0 Å². The van der Waals surface area contributed by atoms with Crippen molar-refractivity contribution in [3.63, 3.8) is 0 Å². The summed E-state index contributed by atoms with van der Waals surface area (Å²) in [4.78, 5) is 20.2. The first-order chi connectivity index (χ1) is 12.3. The molecule has 0 atom stereocenters. The number of carbonyl (C=O) groups is 1. The van der Waals surface area contributed by atoms with E-state index in [1.165, 1.54) is 23.9 Å². The monoisotopic (exact) mass is 324 g/mol. The summed E-state index contributed by atoms with van der Waals surface area (Å²) >= 11 is 0. The van der Waals surface area contributed by atoms with Gasteiger partial charge in [0.2, 0.25) is 0 Å². The second-order valence-electron chi connectivity index (χ2n) is 5.42. The standard InChI is InChI=1S/C18H18N4O2/c1-13-3-2-4-14(7-13)9-22-10-17(20-12-22)21-18(24)15-5-6-16(11-23)19-8-15/h2-8,10,12,23H,9,11H2,1H3,(H,21,24)/i11D2. The molecule has 0 saturated carbocycles. The molecule has 3 aromatic rings. The Morgan fingerprint density at radius 3 is 2.92 bits per heavy atom. The van der Waals surface area contributed by atoms with Crippen molar-refractivity contribution in [3.8, 4) is 0 Å². The highest BCUT2D eigenvalue weighted by Gasteiger charge is 2.09. The van der Waals surface area contributed by atoms with Crippen LogP contribution in [-0.2, 0) is 13.1 Å². The molecule has 0 saturated heterocycles. The number of carbonyl (C=O) groups excluding carboxylic acids is 1. The Hall–Kier alpha value is -2.99. The van der Waals surface area contributed by atoms with Gasteiger partial charge in [-0.1, -0.05) is 29.8 Å². The number of nitrogens with zero attached hydrogens (tertiary/aromatic N) is 3. The van der Waals surface area contributed by atoms with Crippen LogP contribution < -0.4 is 5.32 Å². The molecule has 0 aliphatic carbocycles. The van der Waals surface area contributed by atoms with E-state index in [0.29, 0.717) is 12.4 Å². The zero-order chi connectivity index (χ0) is 18.7. The molecule has 0 spiro atoms. The Balaban J connectivity index is 1.66. The topological polar surface area (TPSA) is 80.0 Å². The summed E-state index contributed by atoms with van der Waals surface area (Å²) in [6.07, 6.45) is 4.58. The van der Waals surface area contributed by atoms with Gasteiger partial charge in [0, 0.05) is 18.9 Å². The van der Waals surface area contributed by atoms with E-state index in [4.69, 9.17) is 2.74 Å². The number of rotatable bonds is 5. The van der Waals surface area contributed by atoms with E-state index in [0.717, 1.165) is 5.56 Å². The summed E-state index contributed by atoms with van der Waals surface area (Å²) in [5, 5.41) is 11.9. The van der Waals surface area contributed by atoms with Gasteiger partial charge in [0.25, 0.3) is 5.91 Å². The molecule has 24 heavy (non-hydrogen) atoms. The van der Waals surface area contributed by atoms with E-state index >= 15 is 0 Å². The molecule has 2 heterocycles. The Morgan fingerprint density at radius 1 is 1.33 bits per heavy atom. The summed E-state index contributed by atoms with van der Waals surface area (Å²) in [5.74, 6) is -0.00688. The third kappa shape index (κ3) is 3.85. The number of aliphatic hydroxyl groups is 1. The van der Waals surface area contributed by atoms with Gasteiger partial charge in [0.05, 0.1) is 26.9 Å². The van der Waals surface area contributed by atoms with Gasteiger partial charge in [0.15, 0.2) is 5.82 Å². The zero-order valence-electron chi connectivity index (χ0n) is 15.1. The lowest BCUT2D eigenvalue weighted by Crippen LogP contribution is -2.12. The zero-order valence-corrected chi connectivity index (χ0v) is 13.1. The smallest absolute Gasteiger partial charge is 0.258 e. The van der Waals surface area contributed by atoms with Crippen LogP contribution in [0.5, 0.6) is 0 Å². The van der Waals surface area contributed by atoms with E-state index in [1.807, 2.05) is 29.7 Å². The number of pyridine rings is 1. The first-order valence-corrected chi connectivity index (χ1v) is 7.39. The van der Waals surface area contributed by atoms with Crippen molar-refractivity contribution in [2.24, 2.45) is 0 Å². The molecule has 2 aromatic heterocycles. The van der Waals surface area contributed by atoms with Gasteiger partial charge < -0.3 is 15.0 Å². The van der Waals surface area contributed by atoms with Gasteiger partial charge in [-0.05, 0) is 24.6 Å². The SMILES string of the molecule is [2H]C([2H])(O)c1ccc(C(=O)Nc2cn(Cc3cccc(C)c3)cn2)cn1. The van der Waals surface area contributed by atoms with Gasteiger partial charge in [-0.15, -0.1) is 0 Å². The van der Waals surface area contributed by atoms with Crippen LogP contribution in [0.1, 0.15) is 29.9 Å². The fourth-order valence-corrected chi connectivity index (χ4v) is 2.32. The Morgan fingerprint density at radius 2 is 2.21 bits per heavy atom. The Labute approximate surface area is 142 Å². The number of hydrogen-bond acceptors (Lipinski definition) is 4. The maximum absolute atomic E-state index is 12.2. The summed E-state index contributed by atoms with van der Waals surface area (Å²) in [5.41, 5.74) is 2.40. The van der Waals surface area contributed by atoms with Crippen LogP contribution in [0.15, 0.2) is 55.1 Å². The number of imidazole rings is 1. The normalized spacial score (nSPS) is 12.4. The fraction of sp³-hybridized carbons (Fsp3) is 0.167. The van der Waals surface area contributed by atoms with Crippen molar-refractivity contribution in [2.75, 3.05) is 5.32 Å². The maximum Gasteiger partial charge on any atom is 0.258 e. The van der Waals surface area contributed by atoms with E-state index in [1.54, 1.807) is 12.5 Å². The lowest BCUT2D eigenvalue weighted by molar-refractivity contribution is 0.102. The molecule has 0 aliphatic rings. The van der Waals surface area contributed by atoms with E-state index in [2.05, 4.69) is 21.4 Å². The van der Waals surface area contributed by atoms with Gasteiger partial charge in [-0.3, -0.25) is 9.78 Å². The maximum atomic E-state index is 12.2. The number of anilines is 1. The summed E-state index contributed by atoms with van der Waals surface area (Å²) < 4.78 is 16.2. The number of aryl methyl sites for hydroxylation is 1. The average molecular weight is 324 g/mol. The van der Waals surface area contributed by atoms with Crippen molar-refractivity contribution < 1.29 is 12.6 Å². The van der Waals surface area contributed by atoms with Gasteiger partial charge in [-0.25, -0.2) is 4.98 Å². The van der Waals surface area contributed by atoms with Crippen molar-refractivity contribution in [3.05, 3.63) is 77.5 Å². The minimum atomic E-state index is -2.54. The quantitative estimate of drug-likeness (QED) is 0.755. The van der Waals surface area contributed by atoms with Crippen molar-refractivity contribution in [1.29, 1.82) is 0 Å². The predicted octanol–water partition coefficient (Wildman–Crippen LogP) is 2.38. The predicted molar refractivity (Wildman–Crippen MR) is 90.6 cm³/mol. The number of aromatic nitrogens is 3. The highest BCUT2D eigenvalue weighted by atomic mass is 16.3. The van der Waals surface area contributed by atoms with E-state index in [9.17, 15) is 9.90 Å². The lowest BCUT2D eigenvalue weighted by atomic mass is 10.1. The van der Waals surface area contributed by atoms with Gasteiger partial charge in [0.1, 0.15) is 0 Å². The highest BCUT2D eigenvalue weighted by molar-refractivity contribution is 6.03. The molecule has 1 amide bonds. The number of hydrogen-bond donors (Lipinski definition) is 2. The second kappa shape index (κ2) is 7.06. The molecule has 0 bridgehead atoms. The first kappa shape index (κ1) is 13.4. The van der Waals surface area contributed by atoms with E-state index < -0.39 is 12.5 Å². The summed E-state index contributed by atoms with van der Waals surface area (Å²) in [6, 6.07) is 10.8. The third-order valence-electron chi connectivity index (χ3n) is 3.46. The second-order valence-corrected chi connectivity index (χ2v) is 5.42. The van der Waals surface area contributed by atoms with Crippen LogP contribution in [0, 0.1) is 6.92 Å². The molecular weight excluding hydrogens is 304 g/mol. The van der Waals surface area contributed by atoms with Gasteiger partial charge >= 0.3 is 0 Å². The number of benzene rings is 1. The van der Waals surface area contributed by atoms with Crippen molar-refractivity contribution >= 4 is 11.7 Å². The Bertz CT molecular complexity index is 917. The van der Waals surface area contributed by atoms with Crippen molar-refractivity contribution in [2.45, 2.75) is 20.0 Å². The van der Waals surface area contributed by atoms with Crippen LogP contribution in [0.4, 0.5) is 5.82 Å². The molecule has 3 rings (SSSR count). The third-order valence-corrected chi connectivity index (χ3v) is 3.46. The number of amides is 1.